The molecule has 0 bridgehead atoms. The molecular formula is C14H16N4O2S. The summed E-state index contributed by atoms with van der Waals surface area (Å²) in [7, 11) is 0. The third-order valence-corrected chi connectivity index (χ3v) is 3.83. The molecule has 2 aromatic rings. The number of aliphatic hydroxyl groups is 1. The minimum absolute atomic E-state index is 0.0487. The molecule has 2 heterocycles. The van der Waals surface area contributed by atoms with Crippen LogP contribution in [0, 0.1) is 18.8 Å². The van der Waals surface area contributed by atoms with E-state index in [2.05, 4.69) is 27.5 Å². The number of nitrogens with one attached hydrogen (secondary N) is 1. The quantitative estimate of drug-likeness (QED) is 0.801. The van der Waals surface area contributed by atoms with Crippen LogP contribution in [0.15, 0.2) is 18.5 Å². The number of amides is 1. The van der Waals surface area contributed by atoms with Gasteiger partial charge in [0.1, 0.15) is 0 Å². The van der Waals surface area contributed by atoms with Crippen LogP contribution in [-0.4, -0.2) is 39.2 Å². The summed E-state index contributed by atoms with van der Waals surface area (Å²) in [5.41, 5.74) is 0.979. The summed E-state index contributed by atoms with van der Waals surface area (Å²) in [6.07, 6.45) is 3.79. The monoisotopic (exact) mass is 304 g/mol. The fourth-order valence-electron chi connectivity index (χ4n) is 1.64. The highest BCUT2D eigenvalue weighted by Gasteiger charge is 2.11. The first-order chi connectivity index (χ1) is 10.2. The van der Waals surface area contributed by atoms with Gasteiger partial charge < -0.3 is 10.4 Å². The molecule has 0 aliphatic heterocycles. The summed E-state index contributed by atoms with van der Waals surface area (Å²) in [4.78, 5) is 13.5. The molecule has 21 heavy (non-hydrogen) atoms. The summed E-state index contributed by atoms with van der Waals surface area (Å²) >= 11 is 1.36. The molecule has 0 radical (unpaired) electrons. The third-order valence-electron chi connectivity index (χ3n) is 2.68. The van der Waals surface area contributed by atoms with Crippen molar-refractivity contribution in [2.24, 2.45) is 0 Å². The average Bonchev–Trinajstić information content (AvgIpc) is 3.09. The molecule has 110 valence electrons. The lowest BCUT2D eigenvalue weighted by atomic mass is 10.2. The summed E-state index contributed by atoms with van der Waals surface area (Å²) in [5.74, 6) is 5.73. The highest BCUT2D eigenvalue weighted by Crippen LogP contribution is 2.20. The molecule has 0 aliphatic carbocycles. The van der Waals surface area contributed by atoms with E-state index in [9.17, 15) is 4.79 Å². The first-order valence-electron chi connectivity index (χ1n) is 6.53. The van der Waals surface area contributed by atoms with Gasteiger partial charge in [-0.25, -0.2) is 0 Å². The van der Waals surface area contributed by atoms with Gasteiger partial charge in [-0.1, -0.05) is 17.1 Å². The molecule has 2 aromatic heterocycles. The van der Waals surface area contributed by atoms with Crippen molar-refractivity contribution < 1.29 is 9.90 Å². The number of hydrogen-bond donors (Lipinski definition) is 2. The van der Waals surface area contributed by atoms with Gasteiger partial charge >= 0.3 is 0 Å². The number of nitrogens with zero attached hydrogens (tertiary/aromatic N) is 3. The molecule has 0 unspecified atom stereocenters. The van der Waals surface area contributed by atoms with Crippen molar-refractivity contribution in [3.63, 3.8) is 0 Å². The van der Waals surface area contributed by atoms with E-state index in [0.29, 0.717) is 24.4 Å². The Morgan fingerprint density at radius 1 is 1.57 bits per heavy atom. The lowest BCUT2D eigenvalue weighted by Gasteiger charge is -2.02. The Hall–Kier alpha value is -2.17. The van der Waals surface area contributed by atoms with Crippen LogP contribution in [0.1, 0.15) is 26.5 Å². The number of thiophene rings is 1. The van der Waals surface area contributed by atoms with Gasteiger partial charge in [0.25, 0.3) is 5.91 Å². The van der Waals surface area contributed by atoms with Crippen molar-refractivity contribution in [1.82, 2.24) is 20.3 Å². The Labute approximate surface area is 126 Å². The summed E-state index contributed by atoms with van der Waals surface area (Å²) in [5, 5.41) is 19.1. The van der Waals surface area contributed by atoms with Gasteiger partial charge in [-0.05, 0) is 18.6 Å². The van der Waals surface area contributed by atoms with Crippen LogP contribution in [0.25, 0.3) is 0 Å². The second kappa shape index (κ2) is 7.57. The maximum atomic E-state index is 12.0. The van der Waals surface area contributed by atoms with Crippen molar-refractivity contribution in [3.05, 3.63) is 33.8 Å². The van der Waals surface area contributed by atoms with Crippen LogP contribution < -0.4 is 5.32 Å². The van der Waals surface area contributed by atoms with E-state index in [-0.39, 0.29) is 12.5 Å². The average molecular weight is 304 g/mol. The van der Waals surface area contributed by atoms with Crippen molar-refractivity contribution in [2.45, 2.75) is 19.9 Å². The van der Waals surface area contributed by atoms with Crippen molar-refractivity contribution in [3.8, 4) is 11.8 Å². The molecule has 0 atom stereocenters. The Balaban J connectivity index is 1.90. The van der Waals surface area contributed by atoms with E-state index in [1.807, 2.05) is 13.0 Å². The van der Waals surface area contributed by atoms with Crippen LogP contribution in [0.4, 0.5) is 0 Å². The number of carbonyl (C=O) groups excluding carboxylic acids is 1. The minimum atomic E-state index is -0.113. The standard InChI is InChI=1S/C14H16N4O2S/c1-11-10-13(21-12(11)4-2-3-9-19)14(20)15-5-7-18-8-6-16-17-18/h6,8,10,19H,3,5,7,9H2,1H3,(H,15,20). The smallest absolute Gasteiger partial charge is 0.261 e. The summed E-state index contributed by atoms with van der Waals surface area (Å²) in [6, 6.07) is 1.83. The number of carbonyl (C=O) groups is 1. The van der Waals surface area contributed by atoms with E-state index in [4.69, 9.17) is 5.11 Å². The van der Waals surface area contributed by atoms with Gasteiger partial charge in [0.2, 0.25) is 0 Å². The zero-order chi connectivity index (χ0) is 15.1. The number of rotatable bonds is 5. The topological polar surface area (TPSA) is 80.0 Å². The van der Waals surface area contributed by atoms with E-state index in [1.165, 1.54) is 11.3 Å². The molecule has 6 nitrogen and oxygen atoms in total. The van der Waals surface area contributed by atoms with Crippen LogP contribution in [-0.2, 0) is 6.54 Å². The largest absolute Gasteiger partial charge is 0.395 e. The van der Waals surface area contributed by atoms with Gasteiger partial charge in [-0.3, -0.25) is 9.48 Å². The zero-order valence-electron chi connectivity index (χ0n) is 11.7. The van der Waals surface area contributed by atoms with Gasteiger partial charge in [0.05, 0.1) is 29.1 Å². The maximum absolute atomic E-state index is 12.0. The van der Waals surface area contributed by atoms with Crippen molar-refractivity contribution >= 4 is 17.2 Å². The molecule has 0 saturated heterocycles. The van der Waals surface area contributed by atoms with Crippen molar-refractivity contribution in [2.75, 3.05) is 13.2 Å². The van der Waals surface area contributed by atoms with Gasteiger partial charge in [-0.15, -0.1) is 16.4 Å². The number of hydrogen-bond acceptors (Lipinski definition) is 5. The first kappa shape index (κ1) is 15.2. The molecular weight excluding hydrogens is 288 g/mol. The molecule has 0 fully saturated rings. The maximum Gasteiger partial charge on any atom is 0.261 e. The lowest BCUT2D eigenvalue weighted by Crippen LogP contribution is -2.26. The van der Waals surface area contributed by atoms with Crippen LogP contribution in [0.3, 0.4) is 0 Å². The highest BCUT2D eigenvalue weighted by molar-refractivity contribution is 7.14. The SMILES string of the molecule is Cc1cc(C(=O)NCCn2ccnn2)sc1C#CCCO. The normalized spacial score (nSPS) is 10.0. The molecule has 7 heteroatoms. The highest BCUT2D eigenvalue weighted by atomic mass is 32.1. The van der Waals surface area contributed by atoms with E-state index in [0.717, 1.165) is 10.4 Å². The first-order valence-corrected chi connectivity index (χ1v) is 7.35. The molecule has 2 rings (SSSR count). The third kappa shape index (κ3) is 4.41. The Morgan fingerprint density at radius 2 is 2.43 bits per heavy atom. The lowest BCUT2D eigenvalue weighted by molar-refractivity contribution is 0.0956. The van der Waals surface area contributed by atoms with Crippen LogP contribution in [0.2, 0.25) is 0 Å². The Kier molecular flexibility index (Phi) is 5.49. The predicted octanol–water partition coefficient (Wildman–Crippen LogP) is 0.812. The van der Waals surface area contributed by atoms with Crippen LogP contribution >= 0.6 is 11.3 Å². The van der Waals surface area contributed by atoms with Gasteiger partial charge in [0.15, 0.2) is 0 Å². The summed E-state index contributed by atoms with van der Waals surface area (Å²) < 4.78 is 1.66. The number of aromatic nitrogens is 3. The summed E-state index contributed by atoms with van der Waals surface area (Å²) in [6.45, 7) is 3.04. The van der Waals surface area contributed by atoms with E-state index in [1.54, 1.807) is 17.1 Å². The Bertz CT molecular complexity index is 652. The van der Waals surface area contributed by atoms with Crippen LogP contribution in [0.5, 0.6) is 0 Å². The second-order valence-corrected chi connectivity index (χ2v) is 5.37. The molecule has 0 saturated carbocycles. The van der Waals surface area contributed by atoms with E-state index < -0.39 is 0 Å². The van der Waals surface area contributed by atoms with Gasteiger partial charge in [0, 0.05) is 19.2 Å². The molecule has 0 aromatic carbocycles. The Morgan fingerprint density at radius 3 is 3.14 bits per heavy atom. The number of aliphatic hydroxyl groups excluding tert-OH is 1. The molecule has 2 N–H and O–H groups in total. The fraction of sp³-hybridized carbons (Fsp3) is 0.357. The molecule has 0 spiro atoms. The fourth-order valence-corrected chi connectivity index (χ4v) is 2.60. The van der Waals surface area contributed by atoms with Crippen molar-refractivity contribution in [1.29, 1.82) is 0 Å². The zero-order valence-corrected chi connectivity index (χ0v) is 12.5. The second-order valence-electron chi connectivity index (χ2n) is 4.32. The molecule has 1 amide bonds. The molecule has 0 aliphatic rings. The van der Waals surface area contributed by atoms with E-state index >= 15 is 0 Å². The predicted molar refractivity (Wildman–Crippen MR) is 80.0 cm³/mol. The minimum Gasteiger partial charge on any atom is -0.395 e. The van der Waals surface area contributed by atoms with Gasteiger partial charge in [-0.2, -0.15) is 0 Å². The number of aryl methyl sites for hydroxylation is 1.